The van der Waals surface area contributed by atoms with Gasteiger partial charge in [0, 0.05) is 12.1 Å². The van der Waals surface area contributed by atoms with Crippen LogP contribution in [0.3, 0.4) is 0 Å². The first-order valence-corrected chi connectivity index (χ1v) is 9.00. The Morgan fingerprint density at radius 3 is 2.59 bits per heavy atom. The minimum Gasteiger partial charge on any atom is -0.328 e. The molecule has 3 rings (SSSR count). The fourth-order valence-electron chi connectivity index (χ4n) is 3.78. The van der Waals surface area contributed by atoms with Crippen molar-refractivity contribution in [3.63, 3.8) is 0 Å². The van der Waals surface area contributed by atoms with Gasteiger partial charge in [0.2, 0.25) is 0 Å². The van der Waals surface area contributed by atoms with Gasteiger partial charge < -0.3 is 11.1 Å². The van der Waals surface area contributed by atoms with Gasteiger partial charge in [-0.3, -0.25) is 0 Å². The van der Waals surface area contributed by atoms with Crippen LogP contribution in [0.2, 0.25) is 0 Å². The maximum absolute atomic E-state index is 5.99. The molecule has 1 aromatic carbocycles. The summed E-state index contributed by atoms with van der Waals surface area (Å²) in [5, 5.41) is 3.81. The maximum Gasteiger partial charge on any atom is 0.0140 e. The van der Waals surface area contributed by atoms with E-state index in [0.29, 0.717) is 12.1 Å². The van der Waals surface area contributed by atoms with E-state index in [4.69, 9.17) is 5.73 Å². The topological polar surface area (TPSA) is 38.0 Å². The molecule has 2 fully saturated rings. The Bertz CT molecular complexity index is 486. The number of hydrogen-bond donors (Lipinski definition) is 2. The lowest BCUT2D eigenvalue weighted by molar-refractivity contribution is 0.313. The van der Waals surface area contributed by atoms with Crippen molar-refractivity contribution >= 4 is 6.08 Å². The molecule has 22 heavy (non-hydrogen) atoms. The van der Waals surface area contributed by atoms with E-state index in [9.17, 15) is 0 Å². The van der Waals surface area contributed by atoms with Gasteiger partial charge >= 0.3 is 0 Å². The van der Waals surface area contributed by atoms with Crippen molar-refractivity contribution < 1.29 is 0 Å². The zero-order valence-electron chi connectivity index (χ0n) is 13.8. The van der Waals surface area contributed by atoms with Crippen LogP contribution >= 0.6 is 0 Å². The van der Waals surface area contributed by atoms with E-state index in [1.165, 1.54) is 44.2 Å². The summed E-state index contributed by atoms with van der Waals surface area (Å²) < 4.78 is 0. The van der Waals surface area contributed by atoms with Crippen LogP contribution in [-0.2, 0) is 0 Å². The Balaban J connectivity index is 1.47. The second-order valence-corrected chi connectivity index (χ2v) is 7.12. The quantitative estimate of drug-likeness (QED) is 0.834. The van der Waals surface area contributed by atoms with Crippen LogP contribution in [0.15, 0.2) is 35.9 Å². The molecule has 0 unspecified atom stereocenters. The van der Waals surface area contributed by atoms with Gasteiger partial charge in [0.05, 0.1) is 0 Å². The van der Waals surface area contributed by atoms with Gasteiger partial charge in [-0.2, -0.15) is 0 Å². The monoisotopic (exact) mass is 298 g/mol. The molecule has 0 saturated heterocycles. The molecule has 2 saturated carbocycles. The average Bonchev–Trinajstić information content (AvgIpc) is 3.32. The number of nitrogens with two attached hydrogens (primary N) is 1. The molecule has 0 bridgehead atoms. The smallest absolute Gasteiger partial charge is 0.0140 e. The molecule has 2 aliphatic carbocycles. The summed E-state index contributed by atoms with van der Waals surface area (Å²) in [5.41, 5.74) is 8.94. The third kappa shape index (κ3) is 4.21. The largest absolute Gasteiger partial charge is 0.328 e. The van der Waals surface area contributed by atoms with Crippen LogP contribution in [0.5, 0.6) is 0 Å². The molecule has 2 atom stereocenters. The normalized spacial score (nSPS) is 32.0. The Kier molecular flexibility index (Phi) is 5.32. The zero-order chi connectivity index (χ0) is 15.4. The minimum absolute atomic E-state index is 0.463. The van der Waals surface area contributed by atoms with E-state index in [1.807, 2.05) is 0 Å². The van der Waals surface area contributed by atoms with Crippen molar-refractivity contribution in [2.24, 2.45) is 17.6 Å². The van der Waals surface area contributed by atoms with Crippen molar-refractivity contribution in [3.05, 3.63) is 41.5 Å². The van der Waals surface area contributed by atoms with E-state index < -0.39 is 0 Å². The molecule has 0 spiro atoms. The predicted octanol–water partition coefficient (Wildman–Crippen LogP) is 3.98. The second-order valence-electron chi connectivity index (χ2n) is 7.12. The van der Waals surface area contributed by atoms with E-state index in [2.05, 4.69) is 48.6 Å². The van der Waals surface area contributed by atoms with Gasteiger partial charge in [0.1, 0.15) is 0 Å². The lowest BCUT2D eigenvalue weighted by Gasteiger charge is -2.26. The highest BCUT2D eigenvalue weighted by molar-refractivity contribution is 5.54. The van der Waals surface area contributed by atoms with Gasteiger partial charge in [-0.1, -0.05) is 48.9 Å². The molecule has 0 aromatic heterocycles. The Morgan fingerprint density at radius 1 is 1.18 bits per heavy atom. The Hall–Kier alpha value is -1.12. The van der Waals surface area contributed by atoms with Crippen LogP contribution in [0.4, 0.5) is 0 Å². The Labute approximate surface area is 135 Å². The van der Waals surface area contributed by atoms with E-state index in [-0.39, 0.29) is 0 Å². The van der Waals surface area contributed by atoms with E-state index in [1.54, 1.807) is 5.57 Å². The molecule has 3 N–H and O–H groups in total. The fraction of sp³-hybridized carbons (Fsp3) is 0.600. The van der Waals surface area contributed by atoms with Gasteiger partial charge in [0.25, 0.3) is 0 Å². The highest BCUT2D eigenvalue weighted by Crippen LogP contribution is 2.40. The molecule has 2 heteroatoms. The van der Waals surface area contributed by atoms with Crippen LogP contribution < -0.4 is 11.1 Å². The predicted molar refractivity (Wildman–Crippen MR) is 94.5 cm³/mol. The highest BCUT2D eigenvalue weighted by Gasteiger charge is 2.39. The summed E-state index contributed by atoms with van der Waals surface area (Å²) in [6.07, 6.45) is 9.93. The summed E-state index contributed by atoms with van der Waals surface area (Å²) in [4.78, 5) is 0. The molecule has 0 radical (unpaired) electrons. The molecule has 1 aromatic rings. The summed E-state index contributed by atoms with van der Waals surface area (Å²) in [6.45, 7) is 3.48. The molecule has 0 heterocycles. The van der Waals surface area contributed by atoms with E-state index in [0.717, 1.165) is 18.3 Å². The van der Waals surface area contributed by atoms with Crippen molar-refractivity contribution in [2.45, 2.75) is 57.5 Å². The first-order valence-electron chi connectivity index (χ1n) is 9.00. The first kappa shape index (κ1) is 15.8. The lowest BCUT2D eigenvalue weighted by Crippen LogP contribution is -2.32. The lowest BCUT2D eigenvalue weighted by atomic mass is 9.86. The third-order valence-corrected chi connectivity index (χ3v) is 5.39. The van der Waals surface area contributed by atoms with Crippen molar-refractivity contribution in [1.29, 1.82) is 0 Å². The van der Waals surface area contributed by atoms with Crippen molar-refractivity contribution in [3.8, 4) is 0 Å². The van der Waals surface area contributed by atoms with Crippen LogP contribution in [0.25, 0.3) is 6.08 Å². The van der Waals surface area contributed by atoms with Gasteiger partial charge in [-0.25, -0.2) is 0 Å². The van der Waals surface area contributed by atoms with Gasteiger partial charge in [-0.05, 0) is 62.5 Å². The van der Waals surface area contributed by atoms with Crippen molar-refractivity contribution in [2.75, 3.05) is 6.54 Å². The van der Waals surface area contributed by atoms with Crippen molar-refractivity contribution in [1.82, 2.24) is 5.32 Å². The molecule has 0 amide bonds. The zero-order valence-corrected chi connectivity index (χ0v) is 13.8. The molecule has 2 aliphatic rings. The average molecular weight is 298 g/mol. The van der Waals surface area contributed by atoms with Gasteiger partial charge in [0.15, 0.2) is 0 Å². The first-order chi connectivity index (χ1) is 10.8. The highest BCUT2D eigenvalue weighted by atomic mass is 15.0. The standard InChI is InChI=1S/C20H30N2/c1-2-17(12-15-6-4-3-5-7-15)19-13-20(19)22-14-16-8-10-18(21)11-9-16/h3-7,12,16,18-20,22H,2,8-11,13-14,21H2,1H3/b17-12+/t16?,18?,19-,20+/m0/s1. The summed E-state index contributed by atoms with van der Waals surface area (Å²) in [7, 11) is 0. The summed E-state index contributed by atoms with van der Waals surface area (Å²) in [6, 6.07) is 11.9. The molecule has 0 aliphatic heterocycles. The minimum atomic E-state index is 0.463. The number of benzene rings is 1. The van der Waals surface area contributed by atoms with E-state index >= 15 is 0 Å². The van der Waals surface area contributed by atoms with Crippen LogP contribution in [0, 0.1) is 11.8 Å². The van der Waals surface area contributed by atoms with Crippen LogP contribution in [-0.4, -0.2) is 18.6 Å². The Morgan fingerprint density at radius 2 is 1.91 bits per heavy atom. The number of rotatable bonds is 6. The molecular formula is C20H30N2. The SMILES string of the molecule is CC/C(=C\c1ccccc1)[C@@H]1C[C@H]1NCC1CCC(N)CC1. The van der Waals surface area contributed by atoms with Gasteiger partial charge in [-0.15, -0.1) is 0 Å². The second kappa shape index (κ2) is 7.43. The number of nitrogens with one attached hydrogen (secondary N) is 1. The fourth-order valence-corrected chi connectivity index (χ4v) is 3.78. The number of hydrogen-bond acceptors (Lipinski definition) is 2. The summed E-state index contributed by atoms with van der Waals surface area (Å²) >= 11 is 0. The molecule has 2 nitrogen and oxygen atoms in total. The maximum atomic E-state index is 5.99. The molecular weight excluding hydrogens is 268 g/mol. The van der Waals surface area contributed by atoms with Crippen LogP contribution in [0.1, 0.15) is 51.0 Å². The third-order valence-electron chi connectivity index (χ3n) is 5.39. The summed E-state index contributed by atoms with van der Waals surface area (Å²) in [5.74, 6) is 1.61. The molecule has 120 valence electrons.